The van der Waals surface area contributed by atoms with E-state index >= 15 is 0 Å². The van der Waals surface area contributed by atoms with Gasteiger partial charge in [-0.15, -0.1) is 0 Å². The molecule has 1 aliphatic rings. The number of nitrogens with one attached hydrogen (secondary N) is 4. The summed E-state index contributed by atoms with van der Waals surface area (Å²) in [5.41, 5.74) is 1.46. The number of carbonyl (C=O) groups excluding carboxylic acids is 3. The molecule has 4 N–H and O–H groups in total. The first-order valence-corrected chi connectivity index (χ1v) is 8.92. The van der Waals surface area contributed by atoms with Crippen LogP contribution in [0.3, 0.4) is 0 Å². The summed E-state index contributed by atoms with van der Waals surface area (Å²) in [6.07, 6.45) is 1.99. The van der Waals surface area contributed by atoms with E-state index in [1.165, 1.54) is 25.1 Å². The number of anilines is 3. The highest BCUT2D eigenvalue weighted by atomic mass is 19.1. The monoisotopic (exact) mass is 384 g/mol. The summed E-state index contributed by atoms with van der Waals surface area (Å²) >= 11 is 0. The van der Waals surface area contributed by atoms with Crippen LogP contribution in [0.2, 0.25) is 0 Å². The quantitative estimate of drug-likeness (QED) is 0.590. The number of hydrogen-bond donors (Lipinski definition) is 4. The Morgan fingerprint density at radius 3 is 2.50 bits per heavy atom. The molecule has 0 saturated heterocycles. The summed E-state index contributed by atoms with van der Waals surface area (Å²) in [6.45, 7) is 1.17. The van der Waals surface area contributed by atoms with Gasteiger partial charge in [0.2, 0.25) is 11.8 Å². The Labute approximate surface area is 161 Å². The second kappa shape index (κ2) is 8.51. The largest absolute Gasteiger partial charge is 0.374 e. The van der Waals surface area contributed by atoms with E-state index in [-0.39, 0.29) is 30.1 Å². The smallest absolute Gasteiger partial charge is 0.251 e. The van der Waals surface area contributed by atoms with Crippen LogP contribution in [0.15, 0.2) is 42.5 Å². The average molecular weight is 384 g/mol. The summed E-state index contributed by atoms with van der Waals surface area (Å²) in [5, 5.41) is 10.8. The summed E-state index contributed by atoms with van der Waals surface area (Å²) in [6, 6.07) is 10.9. The maximum Gasteiger partial charge on any atom is 0.251 e. The van der Waals surface area contributed by atoms with Crippen LogP contribution in [-0.2, 0) is 9.59 Å². The first-order chi connectivity index (χ1) is 13.4. The molecule has 8 heteroatoms. The Hall–Kier alpha value is -3.42. The third kappa shape index (κ3) is 5.54. The van der Waals surface area contributed by atoms with Gasteiger partial charge >= 0.3 is 0 Å². The first kappa shape index (κ1) is 19.3. The third-order valence-electron chi connectivity index (χ3n) is 4.05. The van der Waals surface area contributed by atoms with Gasteiger partial charge in [0.25, 0.3) is 5.91 Å². The molecule has 1 fully saturated rings. The SMILES string of the molecule is CC(=O)Nc1ccc(F)c(NCC(=O)Nc2cccc(C(=O)NC3CC3)c2)c1. The van der Waals surface area contributed by atoms with Gasteiger partial charge < -0.3 is 21.3 Å². The average Bonchev–Trinajstić information content (AvgIpc) is 3.46. The highest BCUT2D eigenvalue weighted by Gasteiger charge is 2.23. The summed E-state index contributed by atoms with van der Waals surface area (Å²) < 4.78 is 13.9. The van der Waals surface area contributed by atoms with Crippen LogP contribution in [0.4, 0.5) is 21.5 Å². The van der Waals surface area contributed by atoms with Gasteiger partial charge in [-0.2, -0.15) is 0 Å². The zero-order valence-corrected chi connectivity index (χ0v) is 15.3. The molecule has 1 aliphatic carbocycles. The number of amides is 3. The van der Waals surface area contributed by atoms with Crippen molar-refractivity contribution in [3.05, 3.63) is 53.8 Å². The molecule has 0 unspecified atom stereocenters. The Kier molecular flexibility index (Phi) is 5.88. The number of rotatable bonds is 7. The minimum atomic E-state index is -0.541. The minimum Gasteiger partial charge on any atom is -0.374 e. The zero-order valence-electron chi connectivity index (χ0n) is 15.3. The number of hydrogen-bond acceptors (Lipinski definition) is 4. The highest BCUT2D eigenvalue weighted by molar-refractivity contribution is 5.98. The lowest BCUT2D eigenvalue weighted by molar-refractivity contribution is -0.115. The predicted octanol–water partition coefficient (Wildman–Crippen LogP) is 2.73. The van der Waals surface area contributed by atoms with Crippen LogP contribution >= 0.6 is 0 Å². The van der Waals surface area contributed by atoms with E-state index in [0.29, 0.717) is 16.9 Å². The van der Waals surface area contributed by atoms with Crippen molar-refractivity contribution in [3.8, 4) is 0 Å². The van der Waals surface area contributed by atoms with Crippen LogP contribution in [0.1, 0.15) is 30.1 Å². The van der Waals surface area contributed by atoms with Crippen molar-refractivity contribution >= 4 is 34.8 Å². The van der Waals surface area contributed by atoms with E-state index in [0.717, 1.165) is 12.8 Å². The first-order valence-electron chi connectivity index (χ1n) is 8.92. The third-order valence-corrected chi connectivity index (χ3v) is 4.05. The van der Waals surface area contributed by atoms with Gasteiger partial charge in [-0.1, -0.05) is 6.07 Å². The fourth-order valence-corrected chi connectivity index (χ4v) is 2.56. The summed E-state index contributed by atoms with van der Waals surface area (Å²) in [5.74, 6) is -1.39. The van der Waals surface area contributed by atoms with Gasteiger partial charge in [-0.3, -0.25) is 14.4 Å². The lowest BCUT2D eigenvalue weighted by Gasteiger charge is -2.11. The van der Waals surface area contributed by atoms with Crippen LogP contribution in [0.5, 0.6) is 0 Å². The van der Waals surface area contributed by atoms with Crippen molar-refractivity contribution in [2.45, 2.75) is 25.8 Å². The van der Waals surface area contributed by atoms with E-state index in [2.05, 4.69) is 21.3 Å². The van der Waals surface area contributed by atoms with E-state index < -0.39 is 11.7 Å². The van der Waals surface area contributed by atoms with Crippen LogP contribution in [0, 0.1) is 5.82 Å². The molecule has 0 heterocycles. The number of benzene rings is 2. The molecular formula is C20H21FN4O3. The van der Waals surface area contributed by atoms with Gasteiger partial charge in [0.05, 0.1) is 12.2 Å². The molecule has 146 valence electrons. The molecule has 0 atom stereocenters. The van der Waals surface area contributed by atoms with Gasteiger partial charge in [0.1, 0.15) is 5.82 Å². The standard InChI is InChI=1S/C20H21FN4O3/c1-12(26)23-16-7-8-17(21)18(10-16)22-11-19(27)24-15-4-2-3-13(9-15)20(28)25-14-5-6-14/h2-4,7-10,14,22H,5-6,11H2,1H3,(H,23,26)(H,24,27)(H,25,28). The molecule has 3 amide bonds. The summed E-state index contributed by atoms with van der Waals surface area (Å²) in [4.78, 5) is 35.3. The molecule has 28 heavy (non-hydrogen) atoms. The van der Waals surface area contributed by atoms with Crippen molar-refractivity contribution in [1.29, 1.82) is 0 Å². The zero-order chi connectivity index (χ0) is 20.1. The predicted molar refractivity (Wildman–Crippen MR) is 105 cm³/mol. The molecule has 7 nitrogen and oxygen atoms in total. The van der Waals surface area contributed by atoms with Gasteiger partial charge in [-0.05, 0) is 49.2 Å². The molecule has 0 aromatic heterocycles. The molecule has 2 aromatic rings. The Morgan fingerprint density at radius 2 is 1.79 bits per heavy atom. The normalized spacial score (nSPS) is 12.8. The molecule has 0 bridgehead atoms. The molecule has 0 spiro atoms. The van der Waals surface area contributed by atoms with Crippen molar-refractivity contribution in [3.63, 3.8) is 0 Å². The maximum absolute atomic E-state index is 13.9. The topological polar surface area (TPSA) is 99.3 Å². The summed E-state index contributed by atoms with van der Waals surface area (Å²) in [7, 11) is 0. The minimum absolute atomic E-state index is 0.0963. The maximum atomic E-state index is 13.9. The van der Waals surface area contributed by atoms with E-state index in [9.17, 15) is 18.8 Å². The Bertz CT molecular complexity index is 912. The van der Waals surface area contributed by atoms with Crippen LogP contribution in [0.25, 0.3) is 0 Å². The fraction of sp³-hybridized carbons (Fsp3) is 0.250. The van der Waals surface area contributed by atoms with Crippen LogP contribution < -0.4 is 21.3 Å². The van der Waals surface area contributed by atoms with Gasteiger partial charge in [-0.25, -0.2) is 4.39 Å². The molecule has 3 rings (SSSR count). The van der Waals surface area contributed by atoms with Crippen molar-refractivity contribution in [2.24, 2.45) is 0 Å². The molecule has 0 aliphatic heterocycles. The van der Waals surface area contributed by atoms with Crippen molar-refractivity contribution in [2.75, 3.05) is 22.5 Å². The molecule has 0 radical (unpaired) electrons. The second-order valence-corrected chi connectivity index (χ2v) is 6.61. The highest BCUT2D eigenvalue weighted by Crippen LogP contribution is 2.21. The second-order valence-electron chi connectivity index (χ2n) is 6.61. The van der Waals surface area contributed by atoms with Crippen molar-refractivity contribution in [1.82, 2.24) is 5.32 Å². The Morgan fingerprint density at radius 1 is 1.04 bits per heavy atom. The van der Waals surface area contributed by atoms with E-state index in [1.54, 1.807) is 24.3 Å². The number of halogens is 1. The van der Waals surface area contributed by atoms with Gasteiger partial charge in [0.15, 0.2) is 0 Å². The lowest BCUT2D eigenvalue weighted by atomic mass is 10.2. The van der Waals surface area contributed by atoms with Crippen LogP contribution in [-0.4, -0.2) is 30.3 Å². The van der Waals surface area contributed by atoms with Gasteiger partial charge in [0, 0.05) is 29.9 Å². The molecular weight excluding hydrogens is 363 g/mol. The Balaban J connectivity index is 1.57. The molecule has 2 aromatic carbocycles. The van der Waals surface area contributed by atoms with Crippen molar-refractivity contribution < 1.29 is 18.8 Å². The van der Waals surface area contributed by atoms with E-state index in [1.807, 2.05) is 0 Å². The lowest BCUT2D eigenvalue weighted by Crippen LogP contribution is -2.26. The van der Waals surface area contributed by atoms with E-state index in [4.69, 9.17) is 0 Å². The number of carbonyl (C=O) groups is 3. The fourth-order valence-electron chi connectivity index (χ4n) is 2.56. The molecule has 1 saturated carbocycles.